The van der Waals surface area contributed by atoms with Crippen molar-refractivity contribution >= 4 is 5.69 Å². The minimum absolute atomic E-state index is 0.190. The molecule has 1 aliphatic rings. The van der Waals surface area contributed by atoms with Crippen LogP contribution in [-0.4, -0.2) is 19.2 Å². The third-order valence-corrected chi connectivity index (χ3v) is 3.35. The van der Waals surface area contributed by atoms with Crippen molar-refractivity contribution in [3.63, 3.8) is 0 Å². The van der Waals surface area contributed by atoms with Crippen LogP contribution >= 0.6 is 0 Å². The summed E-state index contributed by atoms with van der Waals surface area (Å²) in [6.07, 6.45) is 0. The Morgan fingerprint density at radius 1 is 1.24 bits per heavy atom. The molecule has 2 nitrogen and oxygen atoms in total. The van der Waals surface area contributed by atoms with E-state index >= 15 is 0 Å². The Bertz CT molecular complexity index is 404. The SMILES string of the molecule is CC(C)N1CCOc2ccc(C(C)(C)C)cc21. The number of fused-ring (bicyclic) bond motifs is 1. The van der Waals surface area contributed by atoms with Crippen molar-refractivity contribution in [2.24, 2.45) is 0 Å². The van der Waals surface area contributed by atoms with Crippen molar-refractivity contribution in [3.8, 4) is 5.75 Å². The van der Waals surface area contributed by atoms with Gasteiger partial charge >= 0.3 is 0 Å². The first-order valence-corrected chi connectivity index (χ1v) is 6.43. The van der Waals surface area contributed by atoms with Gasteiger partial charge in [0, 0.05) is 6.04 Å². The van der Waals surface area contributed by atoms with E-state index in [1.165, 1.54) is 11.3 Å². The Morgan fingerprint density at radius 3 is 2.53 bits per heavy atom. The number of hydrogen-bond acceptors (Lipinski definition) is 2. The summed E-state index contributed by atoms with van der Waals surface area (Å²) in [5, 5.41) is 0. The molecule has 0 aromatic heterocycles. The van der Waals surface area contributed by atoms with E-state index in [-0.39, 0.29) is 5.41 Å². The van der Waals surface area contributed by atoms with E-state index in [0.717, 1.165) is 18.9 Å². The number of anilines is 1. The molecule has 1 heterocycles. The summed E-state index contributed by atoms with van der Waals surface area (Å²) in [7, 11) is 0. The number of ether oxygens (including phenoxy) is 1. The first-order chi connectivity index (χ1) is 7.89. The van der Waals surface area contributed by atoms with Gasteiger partial charge in [-0.1, -0.05) is 26.8 Å². The van der Waals surface area contributed by atoms with Crippen molar-refractivity contribution in [2.45, 2.75) is 46.1 Å². The van der Waals surface area contributed by atoms with Crippen molar-refractivity contribution in [1.82, 2.24) is 0 Å². The molecular formula is C15H23NO. The molecule has 17 heavy (non-hydrogen) atoms. The first kappa shape index (κ1) is 12.3. The summed E-state index contributed by atoms with van der Waals surface area (Å²) < 4.78 is 5.73. The summed E-state index contributed by atoms with van der Waals surface area (Å²) in [6.45, 7) is 13.0. The fourth-order valence-corrected chi connectivity index (χ4v) is 2.24. The van der Waals surface area contributed by atoms with E-state index in [0.29, 0.717) is 6.04 Å². The lowest BCUT2D eigenvalue weighted by Gasteiger charge is -2.35. The average Bonchev–Trinajstić information content (AvgIpc) is 2.26. The molecule has 0 fully saturated rings. The molecule has 0 bridgehead atoms. The van der Waals surface area contributed by atoms with Crippen LogP contribution in [-0.2, 0) is 5.41 Å². The molecule has 1 aromatic carbocycles. The minimum Gasteiger partial charge on any atom is -0.490 e. The largest absolute Gasteiger partial charge is 0.490 e. The maximum Gasteiger partial charge on any atom is 0.142 e. The van der Waals surface area contributed by atoms with Crippen LogP contribution in [0.25, 0.3) is 0 Å². The van der Waals surface area contributed by atoms with E-state index in [1.54, 1.807) is 0 Å². The molecule has 94 valence electrons. The van der Waals surface area contributed by atoms with Crippen LogP contribution in [0.4, 0.5) is 5.69 Å². The van der Waals surface area contributed by atoms with E-state index in [9.17, 15) is 0 Å². The molecule has 2 rings (SSSR count). The van der Waals surface area contributed by atoms with Crippen molar-refractivity contribution in [3.05, 3.63) is 23.8 Å². The smallest absolute Gasteiger partial charge is 0.142 e. The zero-order chi connectivity index (χ0) is 12.6. The second kappa shape index (κ2) is 4.25. The standard InChI is InChI=1S/C15H23NO/c1-11(2)16-8-9-17-14-7-6-12(10-13(14)16)15(3,4)5/h6-7,10-11H,8-9H2,1-5H3. The molecule has 0 radical (unpaired) electrons. The van der Waals surface area contributed by atoms with Gasteiger partial charge in [-0.05, 0) is 37.0 Å². The summed E-state index contributed by atoms with van der Waals surface area (Å²) in [6, 6.07) is 7.11. The minimum atomic E-state index is 0.190. The molecular weight excluding hydrogens is 210 g/mol. The van der Waals surface area contributed by atoms with Crippen molar-refractivity contribution in [1.29, 1.82) is 0 Å². The fourth-order valence-electron chi connectivity index (χ4n) is 2.24. The normalized spacial score (nSPS) is 15.8. The molecule has 0 unspecified atom stereocenters. The van der Waals surface area contributed by atoms with Gasteiger partial charge < -0.3 is 9.64 Å². The van der Waals surface area contributed by atoms with Crippen LogP contribution in [0.2, 0.25) is 0 Å². The Kier molecular flexibility index (Phi) is 3.07. The lowest BCUT2D eigenvalue weighted by molar-refractivity contribution is 0.302. The highest BCUT2D eigenvalue weighted by molar-refractivity contribution is 5.62. The van der Waals surface area contributed by atoms with Crippen molar-refractivity contribution in [2.75, 3.05) is 18.1 Å². The highest BCUT2D eigenvalue weighted by Gasteiger charge is 2.23. The zero-order valence-electron chi connectivity index (χ0n) is 11.6. The van der Waals surface area contributed by atoms with Crippen LogP contribution in [0.5, 0.6) is 5.75 Å². The molecule has 1 aliphatic heterocycles. The average molecular weight is 233 g/mol. The summed E-state index contributed by atoms with van der Waals surface area (Å²) >= 11 is 0. The Balaban J connectivity index is 2.44. The molecule has 0 saturated heterocycles. The summed E-state index contributed by atoms with van der Waals surface area (Å²) in [5.74, 6) is 1.03. The summed E-state index contributed by atoms with van der Waals surface area (Å²) in [5.41, 5.74) is 2.81. The van der Waals surface area contributed by atoms with Crippen LogP contribution in [0.15, 0.2) is 18.2 Å². The van der Waals surface area contributed by atoms with Gasteiger partial charge in [-0.3, -0.25) is 0 Å². The van der Waals surface area contributed by atoms with Crippen LogP contribution < -0.4 is 9.64 Å². The highest BCUT2D eigenvalue weighted by Crippen LogP contribution is 2.36. The second-order valence-corrected chi connectivity index (χ2v) is 6.07. The molecule has 0 aliphatic carbocycles. The molecule has 1 aromatic rings. The predicted molar refractivity (Wildman–Crippen MR) is 73.1 cm³/mol. The summed E-state index contributed by atoms with van der Waals surface area (Å²) in [4.78, 5) is 2.42. The number of rotatable bonds is 1. The zero-order valence-corrected chi connectivity index (χ0v) is 11.6. The molecule has 0 saturated carbocycles. The third-order valence-electron chi connectivity index (χ3n) is 3.35. The van der Waals surface area contributed by atoms with Crippen LogP contribution in [0.3, 0.4) is 0 Å². The van der Waals surface area contributed by atoms with E-state index < -0.39 is 0 Å². The van der Waals surface area contributed by atoms with Gasteiger partial charge in [-0.15, -0.1) is 0 Å². The van der Waals surface area contributed by atoms with Crippen LogP contribution in [0, 0.1) is 0 Å². The Labute approximate surface area is 105 Å². The second-order valence-electron chi connectivity index (χ2n) is 6.07. The molecule has 0 spiro atoms. The van der Waals surface area contributed by atoms with Crippen molar-refractivity contribution < 1.29 is 4.74 Å². The van der Waals surface area contributed by atoms with E-state index in [4.69, 9.17) is 4.74 Å². The topological polar surface area (TPSA) is 12.5 Å². The van der Waals surface area contributed by atoms with Crippen LogP contribution in [0.1, 0.15) is 40.2 Å². The van der Waals surface area contributed by atoms with Gasteiger partial charge in [0.25, 0.3) is 0 Å². The molecule has 0 atom stereocenters. The maximum absolute atomic E-state index is 5.73. The number of hydrogen-bond donors (Lipinski definition) is 0. The van der Waals surface area contributed by atoms with E-state index in [1.807, 2.05) is 0 Å². The Morgan fingerprint density at radius 2 is 1.94 bits per heavy atom. The predicted octanol–water partition coefficient (Wildman–Crippen LogP) is 3.59. The van der Waals surface area contributed by atoms with Gasteiger partial charge in [-0.2, -0.15) is 0 Å². The first-order valence-electron chi connectivity index (χ1n) is 6.43. The van der Waals surface area contributed by atoms with Gasteiger partial charge in [0.05, 0.1) is 12.2 Å². The highest BCUT2D eigenvalue weighted by atomic mass is 16.5. The number of benzene rings is 1. The fraction of sp³-hybridized carbons (Fsp3) is 0.600. The molecule has 0 N–H and O–H groups in total. The Hall–Kier alpha value is -1.18. The maximum atomic E-state index is 5.73. The monoisotopic (exact) mass is 233 g/mol. The lowest BCUT2D eigenvalue weighted by Crippen LogP contribution is -2.38. The molecule has 2 heteroatoms. The van der Waals surface area contributed by atoms with Gasteiger partial charge in [0.1, 0.15) is 12.4 Å². The van der Waals surface area contributed by atoms with Gasteiger partial charge in [0.2, 0.25) is 0 Å². The molecule has 0 amide bonds. The van der Waals surface area contributed by atoms with Gasteiger partial charge in [0.15, 0.2) is 0 Å². The third kappa shape index (κ3) is 2.41. The lowest BCUT2D eigenvalue weighted by atomic mass is 9.86. The van der Waals surface area contributed by atoms with E-state index in [2.05, 4.69) is 57.7 Å². The quantitative estimate of drug-likeness (QED) is 0.735. The van der Waals surface area contributed by atoms with Gasteiger partial charge in [-0.25, -0.2) is 0 Å². The number of nitrogens with zero attached hydrogens (tertiary/aromatic N) is 1.